The zero-order valence-electron chi connectivity index (χ0n) is 13.4. The van der Waals surface area contributed by atoms with Gasteiger partial charge >= 0.3 is 5.97 Å². The highest BCUT2D eigenvalue weighted by Crippen LogP contribution is 2.34. The van der Waals surface area contributed by atoms with E-state index in [2.05, 4.69) is 0 Å². The van der Waals surface area contributed by atoms with Crippen LogP contribution in [-0.2, 0) is 9.53 Å². The van der Waals surface area contributed by atoms with Crippen LogP contribution in [0.1, 0.15) is 32.8 Å². The van der Waals surface area contributed by atoms with Crippen LogP contribution in [0.5, 0.6) is 5.75 Å². The van der Waals surface area contributed by atoms with Gasteiger partial charge in [-0.05, 0) is 48.2 Å². The fourth-order valence-electron chi connectivity index (χ4n) is 1.88. The maximum absolute atomic E-state index is 11.6. The lowest BCUT2D eigenvalue weighted by molar-refractivity contribution is -0.145. The Labute approximate surface area is 142 Å². The van der Waals surface area contributed by atoms with Crippen molar-refractivity contribution >= 4 is 34.2 Å². The van der Waals surface area contributed by atoms with Crippen LogP contribution in [0.4, 0.5) is 0 Å². The highest BCUT2D eigenvalue weighted by Gasteiger charge is 2.30. The van der Waals surface area contributed by atoms with Gasteiger partial charge in [-0.3, -0.25) is 4.79 Å². The van der Waals surface area contributed by atoms with Crippen molar-refractivity contribution in [3.8, 4) is 5.75 Å². The topological polar surface area (TPSA) is 35.5 Å². The molecule has 0 amide bonds. The zero-order chi connectivity index (χ0) is 16.8. The number of methoxy groups -OCH3 is 1. The molecule has 3 nitrogen and oxygen atoms in total. The predicted octanol–water partition coefficient (Wildman–Crippen LogP) is 4.86. The van der Waals surface area contributed by atoms with Gasteiger partial charge in [-0.15, -0.1) is 11.6 Å². The molecule has 1 atom stereocenters. The van der Waals surface area contributed by atoms with Crippen molar-refractivity contribution in [3.63, 3.8) is 0 Å². The van der Waals surface area contributed by atoms with Crippen molar-refractivity contribution in [2.24, 2.45) is 5.41 Å². The molecule has 0 saturated heterocycles. The van der Waals surface area contributed by atoms with Crippen LogP contribution in [0.15, 0.2) is 30.3 Å². The molecule has 0 saturated carbocycles. The van der Waals surface area contributed by atoms with Crippen LogP contribution in [0.25, 0.3) is 5.03 Å². The van der Waals surface area contributed by atoms with Gasteiger partial charge in [0.05, 0.1) is 25.5 Å². The first-order chi connectivity index (χ1) is 10.3. The molecule has 0 bridgehead atoms. The summed E-state index contributed by atoms with van der Waals surface area (Å²) in [4.78, 5) is 11.6. The number of hydrogen-bond acceptors (Lipinski definition) is 3. The summed E-state index contributed by atoms with van der Waals surface area (Å²) >= 11 is 12.7. The second-order valence-electron chi connectivity index (χ2n) is 5.62. The zero-order valence-corrected chi connectivity index (χ0v) is 14.9. The Kier molecular flexibility index (Phi) is 7.24. The number of ether oxygens (including phenoxy) is 2. The maximum atomic E-state index is 11.6. The van der Waals surface area contributed by atoms with E-state index in [0.717, 1.165) is 11.3 Å². The molecule has 0 aliphatic heterocycles. The summed E-state index contributed by atoms with van der Waals surface area (Å²) in [5, 5.41) is 0.145. The van der Waals surface area contributed by atoms with Gasteiger partial charge in [-0.1, -0.05) is 25.4 Å². The van der Waals surface area contributed by atoms with Crippen molar-refractivity contribution in [2.75, 3.05) is 13.7 Å². The normalized spacial score (nSPS) is 13.6. The van der Waals surface area contributed by atoms with Gasteiger partial charge in [0.15, 0.2) is 0 Å². The fraction of sp³-hybridized carbons (Fsp3) is 0.471. The Balaban J connectivity index is 2.82. The van der Waals surface area contributed by atoms with Gasteiger partial charge in [0.25, 0.3) is 0 Å². The molecule has 1 aromatic carbocycles. The standard InChI is InChI=1S/C17H22Cl2O3/c1-5-22-16(20)11-17(2,3)15(19)10-14(18)12-6-8-13(21-4)9-7-12/h6-10,15H,5,11H2,1-4H3. The first-order valence-corrected chi connectivity index (χ1v) is 7.93. The third kappa shape index (κ3) is 5.54. The third-order valence-corrected chi connectivity index (χ3v) is 4.37. The largest absolute Gasteiger partial charge is 0.497 e. The molecule has 122 valence electrons. The molecule has 0 N–H and O–H groups in total. The van der Waals surface area contributed by atoms with Crippen molar-refractivity contribution in [1.29, 1.82) is 0 Å². The molecule has 0 fully saturated rings. The Morgan fingerprint density at radius 2 is 1.91 bits per heavy atom. The van der Waals surface area contributed by atoms with Crippen molar-refractivity contribution in [3.05, 3.63) is 35.9 Å². The average molecular weight is 345 g/mol. The van der Waals surface area contributed by atoms with Gasteiger partial charge in [-0.2, -0.15) is 0 Å². The van der Waals surface area contributed by atoms with Gasteiger partial charge in [-0.25, -0.2) is 0 Å². The molecule has 0 aliphatic carbocycles. The van der Waals surface area contributed by atoms with E-state index in [1.54, 1.807) is 20.1 Å². The number of esters is 1. The van der Waals surface area contributed by atoms with Crippen LogP contribution in [-0.4, -0.2) is 25.1 Å². The molecule has 0 radical (unpaired) electrons. The van der Waals surface area contributed by atoms with E-state index in [9.17, 15) is 4.79 Å². The van der Waals surface area contributed by atoms with Crippen molar-refractivity contribution in [2.45, 2.75) is 32.6 Å². The minimum absolute atomic E-state index is 0.234. The molecular formula is C17H22Cl2O3. The van der Waals surface area contributed by atoms with Crippen LogP contribution in [0, 0.1) is 5.41 Å². The van der Waals surface area contributed by atoms with Crippen molar-refractivity contribution < 1.29 is 14.3 Å². The lowest BCUT2D eigenvalue weighted by Crippen LogP contribution is -2.27. The van der Waals surface area contributed by atoms with E-state index in [1.165, 1.54) is 0 Å². The van der Waals surface area contributed by atoms with Crippen LogP contribution in [0.2, 0.25) is 0 Å². The third-order valence-electron chi connectivity index (χ3n) is 3.31. The number of benzene rings is 1. The number of halogens is 2. The van der Waals surface area contributed by atoms with E-state index < -0.39 is 10.8 Å². The molecule has 5 heteroatoms. The quantitative estimate of drug-likeness (QED) is 0.523. The summed E-state index contributed by atoms with van der Waals surface area (Å²) in [6.07, 6.45) is 1.99. The number of carbonyl (C=O) groups excluding carboxylic acids is 1. The SMILES string of the molecule is CCOC(=O)CC(C)(C)C(Cl)C=C(Cl)c1ccc(OC)cc1. The van der Waals surface area contributed by atoms with Gasteiger partial charge < -0.3 is 9.47 Å². The van der Waals surface area contributed by atoms with E-state index >= 15 is 0 Å². The number of rotatable bonds is 7. The summed E-state index contributed by atoms with van der Waals surface area (Å²) in [6, 6.07) is 7.39. The minimum atomic E-state index is -0.458. The summed E-state index contributed by atoms with van der Waals surface area (Å²) < 4.78 is 10.1. The smallest absolute Gasteiger partial charge is 0.306 e. The van der Waals surface area contributed by atoms with Crippen molar-refractivity contribution in [1.82, 2.24) is 0 Å². The molecule has 22 heavy (non-hydrogen) atoms. The van der Waals surface area contributed by atoms with Gasteiger partial charge in [0.2, 0.25) is 0 Å². The van der Waals surface area contributed by atoms with Gasteiger partial charge in [0, 0.05) is 5.03 Å². The highest BCUT2D eigenvalue weighted by molar-refractivity contribution is 6.49. The number of allylic oxidation sites excluding steroid dienone is 1. The monoisotopic (exact) mass is 344 g/mol. The second kappa shape index (κ2) is 8.44. The number of carbonyl (C=O) groups is 1. The summed E-state index contributed by atoms with van der Waals surface area (Å²) in [6.45, 7) is 5.97. The van der Waals surface area contributed by atoms with Gasteiger partial charge in [0.1, 0.15) is 5.75 Å². The Morgan fingerprint density at radius 3 is 2.41 bits per heavy atom. The summed E-state index contributed by atoms with van der Waals surface area (Å²) in [5.74, 6) is 0.505. The Bertz CT molecular complexity index is 521. The predicted molar refractivity (Wildman–Crippen MR) is 91.5 cm³/mol. The lowest BCUT2D eigenvalue weighted by Gasteiger charge is -2.27. The maximum Gasteiger partial charge on any atom is 0.306 e. The molecular weight excluding hydrogens is 323 g/mol. The average Bonchev–Trinajstić information content (AvgIpc) is 2.46. The molecule has 1 unspecified atom stereocenters. The number of hydrogen-bond donors (Lipinski definition) is 0. The van der Waals surface area contributed by atoms with Crippen LogP contribution >= 0.6 is 23.2 Å². The Morgan fingerprint density at radius 1 is 1.32 bits per heavy atom. The lowest BCUT2D eigenvalue weighted by atomic mass is 9.85. The van der Waals surface area contributed by atoms with E-state index in [-0.39, 0.29) is 12.4 Å². The molecule has 0 aromatic heterocycles. The molecule has 0 spiro atoms. The minimum Gasteiger partial charge on any atom is -0.497 e. The summed E-state index contributed by atoms with van der Waals surface area (Å²) in [7, 11) is 1.61. The second-order valence-corrected chi connectivity index (χ2v) is 6.49. The first-order valence-electron chi connectivity index (χ1n) is 7.11. The van der Waals surface area contributed by atoms with Crippen LogP contribution < -0.4 is 4.74 Å². The van der Waals surface area contributed by atoms with E-state index in [0.29, 0.717) is 11.6 Å². The van der Waals surface area contributed by atoms with E-state index in [1.807, 2.05) is 38.1 Å². The molecule has 1 rings (SSSR count). The van der Waals surface area contributed by atoms with E-state index in [4.69, 9.17) is 32.7 Å². The van der Waals surface area contributed by atoms with Crippen LogP contribution in [0.3, 0.4) is 0 Å². The molecule has 1 aromatic rings. The fourth-order valence-corrected chi connectivity index (χ4v) is 2.40. The Hall–Kier alpha value is -1.19. The molecule has 0 aliphatic rings. The molecule has 0 heterocycles. The first kappa shape index (κ1) is 18.9. The summed E-state index contributed by atoms with van der Waals surface area (Å²) in [5.41, 5.74) is 0.389. The number of alkyl halides is 1. The highest BCUT2D eigenvalue weighted by atomic mass is 35.5.